The van der Waals surface area contributed by atoms with Crippen LogP contribution in [0.15, 0.2) is 42.5 Å². The lowest BCUT2D eigenvalue weighted by molar-refractivity contribution is 0.0936. The number of benzene rings is 2. The third-order valence-corrected chi connectivity index (χ3v) is 3.19. The van der Waals surface area contributed by atoms with Crippen LogP contribution < -0.4 is 16.2 Å². The Morgan fingerprint density at radius 2 is 1.58 bits per heavy atom. The summed E-state index contributed by atoms with van der Waals surface area (Å²) >= 11 is 0. The van der Waals surface area contributed by atoms with Crippen molar-refractivity contribution in [2.24, 2.45) is 0 Å². The van der Waals surface area contributed by atoms with Crippen LogP contribution in [0.1, 0.15) is 28.9 Å². The molecular weight excluding hydrogens is 323 g/mol. The number of urea groups is 1. The molecule has 0 fully saturated rings. The number of amides is 3. The summed E-state index contributed by atoms with van der Waals surface area (Å²) in [6.45, 7) is 1.56. The molecule has 0 bridgehead atoms. The standard InChI is InChI=1S/C16H14F3N3O2/c1-9(11-4-7-13(18)14(19)8-11)20-16(24)22-21-15(23)10-2-5-12(17)6-3-10/h2-9H,1H3,(H,21,23)(H2,20,22,24). The molecule has 0 aliphatic carbocycles. The summed E-state index contributed by atoms with van der Waals surface area (Å²) in [5.74, 6) is -3.13. The maximum Gasteiger partial charge on any atom is 0.333 e. The van der Waals surface area contributed by atoms with Crippen molar-refractivity contribution in [3.8, 4) is 0 Å². The van der Waals surface area contributed by atoms with Crippen molar-refractivity contribution in [2.75, 3.05) is 0 Å². The van der Waals surface area contributed by atoms with E-state index >= 15 is 0 Å². The van der Waals surface area contributed by atoms with E-state index < -0.39 is 35.4 Å². The second-order valence-corrected chi connectivity index (χ2v) is 4.95. The third-order valence-electron chi connectivity index (χ3n) is 3.19. The molecule has 3 N–H and O–H groups in total. The van der Waals surface area contributed by atoms with Gasteiger partial charge in [-0.1, -0.05) is 6.07 Å². The van der Waals surface area contributed by atoms with Crippen LogP contribution in [0.3, 0.4) is 0 Å². The zero-order chi connectivity index (χ0) is 17.7. The first-order valence-corrected chi connectivity index (χ1v) is 6.94. The van der Waals surface area contributed by atoms with Crippen molar-refractivity contribution >= 4 is 11.9 Å². The highest BCUT2D eigenvalue weighted by atomic mass is 19.2. The van der Waals surface area contributed by atoms with Crippen LogP contribution in [0.5, 0.6) is 0 Å². The molecule has 3 amide bonds. The Hall–Kier alpha value is -3.03. The molecule has 0 saturated heterocycles. The number of hydrazine groups is 1. The van der Waals surface area contributed by atoms with Crippen LogP contribution in [-0.4, -0.2) is 11.9 Å². The molecule has 0 radical (unpaired) electrons. The summed E-state index contributed by atoms with van der Waals surface area (Å²) in [6, 6.07) is 6.63. The van der Waals surface area contributed by atoms with Gasteiger partial charge in [0.2, 0.25) is 0 Å². The maximum absolute atomic E-state index is 13.2. The molecule has 0 aliphatic rings. The Bertz CT molecular complexity index is 751. The summed E-state index contributed by atoms with van der Waals surface area (Å²) in [4.78, 5) is 23.4. The summed E-state index contributed by atoms with van der Waals surface area (Å²) in [5, 5.41) is 2.44. The first kappa shape index (κ1) is 17.3. The van der Waals surface area contributed by atoms with Gasteiger partial charge in [0.15, 0.2) is 11.6 Å². The molecule has 0 aliphatic heterocycles. The molecule has 0 aromatic heterocycles. The van der Waals surface area contributed by atoms with E-state index in [1.165, 1.54) is 18.2 Å². The van der Waals surface area contributed by atoms with E-state index in [4.69, 9.17) is 0 Å². The first-order valence-electron chi connectivity index (χ1n) is 6.94. The average Bonchev–Trinajstić information content (AvgIpc) is 2.55. The smallest absolute Gasteiger partial charge is 0.330 e. The van der Waals surface area contributed by atoms with Gasteiger partial charge in [-0.3, -0.25) is 10.2 Å². The summed E-state index contributed by atoms with van der Waals surface area (Å²) < 4.78 is 38.8. The van der Waals surface area contributed by atoms with Gasteiger partial charge in [0.25, 0.3) is 5.91 Å². The molecule has 0 spiro atoms. The third kappa shape index (κ3) is 4.48. The summed E-state index contributed by atoms with van der Waals surface area (Å²) in [7, 11) is 0. The van der Waals surface area contributed by atoms with Gasteiger partial charge in [-0.05, 0) is 48.9 Å². The predicted molar refractivity (Wildman–Crippen MR) is 80.3 cm³/mol. The van der Waals surface area contributed by atoms with Crippen molar-refractivity contribution in [3.63, 3.8) is 0 Å². The lowest BCUT2D eigenvalue weighted by Crippen LogP contribution is -2.47. The molecule has 0 saturated carbocycles. The Balaban J connectivity index is 1.87. The fraction of sp³-hybridized carbons (Fsp3) is 0.125. The van der Waals surface area contributed by atoms with Gasteiger partial charge in [0.05, 0.1) is 6.04 Å². The van der Waals surface area contributed by atoms with Crippen molar-refractivity contribution in [1.82, 2.24) is 16.2 Å². The van der Waals surface area contributed by atoms with Crippen LogP contribution in [-0.2, 0) is 0 Å². The largest absolute Gasteiger partial charge is 0.333 e. The highest BCUT2D eigenvalue weighted by molar-refractivity contribution is 5.95. The molecule has 1 atom stereocenters. The Kier molecular flexibility index (Phi) is 5.41. The summed E-state index contributed by atoms with van der Waals surface area (Å²) in [5.41, 5.74) is 4.76. The summed E-state index contributed by atoms with van der Waals surface area (Å²) in [6.07, 6.45) is 0. The molecule has 1 unspecified atom stereocenters. The highest BCUT2D eigenvalue weighted by Crippen LogP contribution is 2.15. The van der Waals surface area contributed by atoms with Gasteiger partial charge in [-0.15, -0.1) is 0 Å². The number of hydrogen-bond acceptors (Lipinski definition) is 2. The average molecular weight is 337 g/mol. The zero-order valence-corrected chi connectivity index (χ0v) is 12.6. The van der Waals surface area contributed by atoms with Crippen LogP contribution in [0.2, 0.25) is 0 Å². The molecule has 8 heteroatoms. The van der Waals surface area contributed by atoms with E-state index in [9.17, 15) is 22.8 Å². The van der Waals surface area contributed by atoms with E-state index in [1.807, 2.05) is 0 Å². The van der Waals surface area contributed by atoms with Crippen LogP contribution >= 0.6 is 0 Å². The van der Waals surface area contributed by atoms with Crippen LogP contribution in [0.4, 0.5) is 18.0 Å². The topological polar surface area (TPSA) is 70.2 Å². The fourth-order valence-corrected chi connectivity index (χ4v) is 1.88. The van der Waals surface area contributed by atoms with Crippen molar-refractivity contribution < 1.29 is 22.8 Å². The Labute approximate surface area is 135 Å². The second kappa shape index (κ2) is 7.49. The first-order chi connectivity index (χ1) is 11.4. The van der Waals surface area contributed by atoms with Crippen molar-refractivity contribution in [2.45, 2.75) is 13.0 Å². The second-order valence-electron chi connectivity index (χ2n) is 4.95. The Morgan fingerprint density at radius 3 is 2.21 bits per heavy atom. The molecule has 2 aromatic rings. The lowest BCUT2D eigenvalue weighted by atomic mass is 10.1. The van der Waals surface area contributed by atoms with Crippen molar-refractivity contribution in [3.05, 3.63) is 71.0 Å². The van der Waals surface area contributed by atoms with Gasteiger partial charge in [0, 0.05) is 5.56 Å². The number of hydrogen-bond donors (Lipinski definition) is 3. The normalized spacial score (nSPS) is 11.5. The van der Waals surface area contributed by atoms with Gasteiger partial charge in [-0.2, -0.15) is 0 Å². The van der Waals surface area contributed by atoms with E-state index in [2.05, 4.69) is 16.2 Å². The minimum Gasteiger partial charge on any atom is -0.330 e. The zero-order valence-electron chi connectivity index (χ0n) is 12.6. The van der Waals surface area contributed by atoms with Gasteiger partial charge in [0.1, 0.15) is 5.82 Å². The van der Waals surface area contributed by atoms with Gasteiger partial charge >= 0.3 is 6.03 Å². The van der Waals surface area contributed by atoms with E-state index in [0.29, 0.717) is 5.56 Å². The number of rotatable bonds is 3. The monoisotopic (exact) mass is 337 g/mol. The molecule has 2 aromatic carbocycles. The van der Waals surface area contributed by atoms with Crippen LogP contribution in [0, 0.1) is 17.5 Å². The number of nitrogens with one attached hydrogen (secondary N) is 3. The highest BCUT2D eigenvalue weighted by Gasteiger charge is 2.13. The quantitative estimate of drug-likeness (QED) is 0.754. The molecule has 5 nitrogen and oxygen atoms in total. The minimum absolute atomic E-state index is 0.158. The number of halogens is 3. The molecule has 0 heterocycles. The minimum atomic E-state index is -1.02. The molecular formula is C16H14F3N3O2. The van der Waals surface area contributed by atoms with Gasteiger partial charge < -0.3 is 5.32 Å². The van der Waals surface area contributed by atoms with E-state index in [0.717, 1.165) is 24.3 Å². The maximum atomic E-state index is 13.2. The molecule has 126 valence electrons. The molecule has 24 heavy (non-hydrogen) atoms. The molecule has 2 rings (SSSR count). The van der Waals surface area contributed by atoms with Crippen molar-refractivity contribution in [1.29, 1.82) is 0 Å². The lowest BCUT2D eigenvalue weighted by Gasteiger charge is -2.15. The predicted octanol–water partition coefficient (Wildman–Crippen LogP) is 2.81. The van der Waals surface area contributed by atoms with Crippen LogP contribution in [0.25, 0.3) is 0 Å². The van der Waals surface area contributed by atoms with E-state index in [-0.39, 0.29) is 5.56 Å². The fourth-order valence-electron chi connectivity index (χ4n) is 1.88. The SMILES string of the molecule is CC(NC(=O)NNC(=O)c1ccc(F)cc1)c1ccc(F)c(F)c1. The van der Waals surface area contributed by atoms with E-state index in [1.54, 1.807) is 6.92 Å². The van der Waals surface area contributed by atoms with Gasteiger partial charge in [-0.25, -0.2) is 23.4 Å². The number of carbonyl (C=O) groups is 2. The number of carbonyl (C=O) groups excluding carboxylic acids is 2. The Morgan fingerprint density at radius 1 is 0.917 bits per heavy atom.